The molecule has 2 heterocycles. The fourth-order valence-electron chi connectivity index (χ4n) is 4.28. The van der Waals surface area contributed by atoms with Crippen LogP contribution in [-0.2, 0) is 10.6 Å². The van der Waals surface area contributed by atoms with E-state index in [1.165, 1.54) is 10.6 Å². The van der Waals surface area contributed by atoms with Crippen LogP contribution in [0, 0.1) is 11.3 Å². The molecule has 6 heteroatoms. The second kappa shape index (κ2) is 7.46. The quantitative estimate of drug-likeness (QED) is 0.687. The summed E-state index contributed by atoms with van der Waals surface area (Å²) in [5.41, 5.74) is 9.68. The molecule has 1 spiro atoms. The molecule has 5 rings (SSSR count). The lowest BCUT2D eigenvalue weighted by Gasteiger charge is -2.28. The Balaban J connectivity index is 1.63. The lowest BCUT2D eigenvalue weighted by Crippen LogP contribution is -2.32. The van der Waals surface area contributed by atoms with Gasteiger partial charge in [-0.2, -0.15) is 5.26 Å². The summed E-state index contributed by atoms with van der Waals surface area (Å²) in [7, 11) is 1.76. The van der Waals surface area contributed by atoms with E-state index in [1.54, 1.807) is 13.1 Å². The van der Waals surface area contributed by atoms with Crippen LogP contribution in [-0.4, -0.2) is 24.7 Å². The van der Waals surface area contributed by atoms with Gasteiger partial charge in [0, 0.05) is 19.4 Å². The third kappa shape index (κ3) is 3.39. The molecule has 0 amide bonds. The number of benzene rings is 3. The molecule has 31 heavy (non-hydrogen) atoms. The Morgan fingerprint density at radius 2 is 1.87 bits per heavy atom. The predicted octanol–water partition coefficient (Wildman–Crippen LogP) is 4.14. The number of hydroxylamine groups is 2. The van der Waals surface area contributed by atoms with Crippen LogP contribution in [0.5, 0.6) is 5.75 Å². The average molecular weight is 410 g/mol. The first-order valence-electron chi connectivity index (χ1n) is 10.2. The molecule has 2 aliphatic rings. The number of nitrogens with two attached hydrogens (primary N) is 1. The Bertz CT molecular complexity index is 1200. The van der Waals surface area contributed by atoms with Crippen LogP contribution in [0.25, 0.3) is 11.1 Å². The van der Waals surface area contributed by atoms with Gasteiger partial charge in [0.2, 0.25) is 11.7 Å². The smallest absolute Gasteiger partial charge is 0.218 e. The van der Waals surface area contributed by atoms with Gasteiger partial charge in [-0.05, 0) is 41.0 Å². The maximum absolute atomic E-state index is 9.27. The van der Waals surface area contributed by atoms with Crippen molar-refractivity contribution in [3.63, 3.8) is 0 Å². The fourth-order valence-corrected chi connectivity index (χ4v) is 4.28. The van der Waals surface area contributed by atoms with E-state index in [2.05, 4.69) is 18.2 Å². The highest BCUT2D eigenvalue weighted by Gasteiger charge is 2.47. The number of rotatable bonds is 2. The summed E-state index contributed by atoms with van der Waals surface area (Å²) in [6.07, 6.45) is 0.594. The van der Waals surface area contributed by atoms with Gasteiger partial charge >= 0.3 is 0 Å². The first-order chi connectivity index (χ1) is 15.1. The molecule has 0 radical (unpaired) electrons. The highest BCUT2D eigenvalue weighted by molar-refractivity contribution is 5.79. The Labute approximate surface area is 181 Å². The number of ether oxygens (including phenoxy) is 1. The summed E-state index contributed by atoms with van der Waals surface area (Å²) in [6, 6.07) is 26.0. The summed E-state index contributed by atoms with van der Waals surface area (Å²) >= 11 is 0. The largest absolute Gasteiger partial charge is 0.492 e. The summed E-state index contributed by atoms with van der Waals surface area (Å²) in [6.45, 7) is 0.518. The third-order valence-electron chi connectivity index (χ3n) is 5.87. The standard InChI is InChI=1S/C25H22N4O2/c1-29-24(27)28-25(31-29)14-21(18-7-3-2-4-8-18)16-30-23-11-10-20(13-22(23)25)19-9-5-6-17(12-19)15-26/h2-13,21H,14,16H2,1H3,(H2,27,28). The van der Waals surface area contributed by atoms with E-state index in [-0.39, 0.29) is 5.92 Å². The summed E-state index contributed by atoms with van der Waals surface area (Å²) < 4.78 is 6.25. The van der Waals surface area contributed by atoms with E-state index < -0.39 is 5.72 Å². The Morgan fingerprint density at radius 1 is 1.06 bits per heavy atom. The van der Waals surface area contributed by atoms with Gasteiger partial charge < -0.3 is 10.5 Å². The number of aliphatic imine (C=N–C) groups is 1. The Morgan fingerprint density at radius 3 is 2.61 bits per heavy atom. The predicted molar refractivity (Wildman–Crippen MR) is 118 cm³/mol. The molecule has 154 valence electrons. The molecule has 0 aromatic heterocycles. The van der Waals surface area contributed by atoms with Crippen molar-refractivity contribution in [3.8, 4) is 22.9 Å². The molecule has 6 nitrogen and oxygen atoms in total. The van der Waals surface area contributed by atoms with Crippen molar-refractivity contribution in [2.24, 2.45) is 10.7 Å². The van der Waals surface area contributed by atoms with Crippen LogP contribution in [0.15, 0.2) is 77.8 Å². The second-order valence-corrected chi connectivity index (χ2v) is 7.87. The summed E-state index contributed by atoms with van der Waals surface area (Å²) in [5, 5.41) is 10.8. The van der Waals surface area contributed by atoms with Crippen molar-refractivity contribution >= 4 is 5.96 Å². The van der Waals surface area contributed by atoms with Crippen molar-refractivity contribution in [1.82, 2.24) is 5.06 Å². The minimum Gasteiger partial charge on any atom is -0.492 e. The fraction of sp³-hybridized carbons (Fsp3) is 0.200. The van der Waals surface area contributed by atoms with Gasteiger partial charge in [0.25, 0.3) is 0 Å². The summed E-state index contributed by atoms with van der Waals surface area (Å²) in [5.74, 6) is 1.14. The number of hydrogen-bond donors (Lipinski definition) is 1. The first kappa shape index (κ1) is 19.2. The zero-order valence-corrected chi connectivity index (χ0v) is 17.2. The van der Waals surface area contributed by atoms with Crippen molar-refractivity contribution in [1.29, 1.82) is 5.26 Å². The van der Waals surface area contributed by atoms with Crippen molar-refractivity contribution in [2.75, 3.05) is 13.7 Å². The van der Waals surface area contributed by atoms with Crippen LogP contribution in [0.3, 0.4) is 0 Å². The number of hydrogen-bond acceptors (Lipinski definition) is 6. The molecule has 2 N–H and O–H groups in total. The minimum absolute atomic E-state index is 0.0852. The molecule has 3 aromatic rings. The van der Waals surface area contributed by atoms with Gasteiger partial charge in [-0.1, -0.05) is 48.5 Å². The lowest BCUT2D eigenvalue weighted by atomic mass is 9.87. The van der Waals surface area contributed by atoms with Gasteiger partial charge in [0.05, 0.1) is 23.8 Å². The van der Waals surface area contributed by atoms with Gasteiger partial charge in [-0.25, -0.2) is 14.9 Å². The van der Waals surface area contributed by atoms with E-state index in [9.17, 15) is 5.26 Å². The van der Waals surface area contributed by atoms with Gasteiger partial charge in [-0.3, -0.25) is 0 Å². The Hall–Kier alpha value is -3.82. The molecule has 0 bridgehead atoms. The molecular weight excluding hydrogens is 388 g/mol. The summed E-state index contributed by atoms with van der Waals surface area (Å²) in [4.78, 5) is 11.0. The minimum atomic E-state index is -0.978. The van der Waals surface area contributed by atoms with Crippen molar-refractivity contribution < 1.29 is 9.57 Å². The van der Waals surface area contributed by atoms with Gasteiger partial charge in [-0.15, -0.1) is 0 Å². The van der Waals surface area contributed by atoms with E-state index in [1.807, 2.05) is 54.6 Å². The van der Waals surface area contributed by atoms with Gasteiger partial charge in [0.1, 0.15) is 5.75 Å². The molecule has 2 atom stereocenters. The average Bonchev–Trinajstić information content (AvgIpc) is 3.01. The molecule has 2 aliphatic heterocycles. The van der Waals surface area contributed by atoms with Crippen LogP contribution >= 0.6 is 0 Å². The van der Waals surface area contributed by atoms with Crippen LogP contribution in [0.1, 0.15) is 29.0 Å². The van der Waals surface area contributed by atoms with Crippen molar-refractivity contribution in [2.45, 2.75) is 18.1 Å². The lowest BCUT2D eigenvalue weighted by molar-refractivity contribution is -0.177. The first-order valence-corrected chi connectivity index (χ1v) is 10.2. The number of guanidine groups is 1. The number of nitrogens with zero attached hydrogens (tertiary/aromatic N) is 3. The molecule has 0 aliphatic carbocycles. The van der Waals surface area contributed by atoms with E-state index in [0.29, 0.717) is 24.6 Å². The van der Waals surface area contributed by atoms with Crippen LogP contribution in [0.2, 0.25) is 0 Å². The molecule has 3 aromatic carbocycles. The molecular formula is C25H22N4O2. The molecule has 0 fully saturated rings. The third-order valence-corrected chi connectivity index (χ3v) is 5.87. The van der Waals surface area contributed by atoms with Gasteiger partial charge in [0.15, 0.2) is 0 Å². The maximum Gasteiger partial charge on any atom is 0.218 e. The number of fused-ring (bicyclic) bond motifs is 2. The molecule has 2 unspecified atom stereocenters. The highest BCUT2D eigenvalue weighted by Crippen LogP contribution is 2.48. The highest BCUT2D eigenvalue weighted by atomic mass is 16.7. The zero-order chi connectivity index (χ0) is 21.4. The van der Waals surface area contributed by atoms with E-state index >= 15 is 0 Å². The zero-order valence-electron chi connectivity index (χ0n) is 17.2. The second-order valence-electron chi connectivity index (χ2n) is 7.87. The molecule has 0 saturated heterocycles. The normalized spacial score (nSPS) is 22.3. The Kier molecular flexibility index (Phi) is 4.61. The van der Waals surface area contributed by atoms with Crippen LogP contribution < -0.4 is 10.5 Å². The van der Waals surface area contributed by atoms with E-state index in [0.717, 1.165) is 22.4 Å². The van der Waals surface area contributed by atoms with Crippen LogP contribution in [0.4, 0.5) is 0 Å². The number of nitriles is 1. The monoisotopic (exact) mass is 410 g/mol. The maximum atomic E-state index is 9.27. The molecule has 0 saturated carbocycles. The topological polar surface area (TPSA) is 83.9 Å². The van der Waals surface area contributed by atoms with E-state index in [4.69, 9.17) is 20.3 Å². The SMILES string of the molecule is CN1OC2(CC(c3ccccc3)COc3ccc(-c4cccc(C#N)c4)cc32)N=C1N. The van der Waals surface area contributed by atoms with Crippen molar-refractivity contribution in [3.05, 3.63) is 89.5 Å².